The number of aromatic amines is 2. The fourth-order valence-corrected chi connectivity index (χ4v) is 6.49. The van der Waals surface area contributed by atoms with Crippen molar-refractivity contribution in [3.05, 3.63) is 65.9 Å². The van der Waals surface area contributed by atoms with E-state index < -0.39 is 6.04 Å². The lowest BCUT2D eigenvalue weighted by Crippen LogP contribution is -2.54. The van der Waals surface area contributed by atoms with Gasteiger partial charge in [0.2, 0.25) is 11.8 Å². The second-order valence-electron chi connectivity index (χ2n) is 11.5. The quantitative estimate of drug-likeness (QED) is 0.159. The number of aromatic nitrogens is 5. The second kappa shape index (κ2) is 12.2. The molecule has 0 radical (unpaired) electrons. The Hall–Kier alpha value is -4.45. The smallest absolute Gasteiger partial charge is 0.263 e. The van der Waals surface area contributed by atoms with E-state index in [1.165, 1.54) is 0 Å². The van der Waals surface area contributed by atoms with Crippen molar-refractivity contribution in [2.75, 3.05) is 18.9 Å². The molecule has 2 aromatic carbocycles. The van der Waals surface area contributed by atoms with Crippen molar-refractivity contribution >= 4 is 28.7 Å². The molecule has 12 heteroatoms. The van der Waals surface area contributed by atoms with Gasteiger partial charge in [-0.2, -0.15) is 5.21 Å². The first-order valence-electron chi connectivity index (χ1n) is 14.6. The summed E-state index contributed by atoms with van der Waals surface area (Å²) in [5, 5.41) is 34.2. The van der Waals surface area contributed by atoms with Crippen LogP contribution in [0.5, 0.6) is 5.75 Å². The zero-order chi connectivity index (χ0) is 29.1. The van der Waals surface area contributed by atoms with Gasteiger partial charge in [0, 0.05) is 48.1 Å². The molecule has 2 saturated heterocycles. The molecule has 220 valence electrons. The molecule has 6 N–H and O–H groups in total. The fraction of sp³-hybridized carbons (Fsp3) is 0.433. The number of rotatable bonds is 11. The third kappa shape index (κ3) is 6.23. The number of para-hydroxylation sites is 1. The number of carbonyl (C=O) groups excluding carboxylic acids is 2. The molecule has 2 aliphatic rings. The highest BCUT2D eigenvalue weighted by atomic mass is 16.3. The Morgan fingerprint density at radius 2 is 1.81 bits per heavy atom. The lowest BCUT2D eigenvalue weighted by molar-refractivity contribution is -0.132. The van der Waals surface area contributed by atoms with Crippen LogP contribution in [0.15, 0.2) is 54.7 Å². The lowest BCUT2D eigenvalue weighted by atomic mass is 9.90. The number of nitrogens with one attached hydrogen (secondary N) is 5. The molecule has 4 atom stereocenters. The average molecular weight is 572 g/mol. The lowest BCUT2D eigenvalue weighted by Gasteiger charge is -2.36. The van der Waals surface area contributed by atoms with Crippen LogP contribution in [0.25, 0.3) is 10.9 Å². The SMILES string of the molecule is CN1C2CCC1CC(C(=O)N[C@@H](Cc1ccc(O)cc1)C(=O)N[C@H](CNc1nn[nH]n1)Cc1c[nH]c3ccccc13)C2. The third-order valence-electron chi connectivity index (χ3n) is 8.82. The fourth-order valence-electron chi connectivity index (χ4n) is 6.49. The summed E-state index contributed by atoms with van der Waals surface area (Å²) in [4.78, 5) is 33.2. The highest BCUT2D eigenvalue weighted by Gasteiger charge is 2.41. The summed E-state index contributed by atoms with van der Waals surface area (Å²) in [6.07, 6.45) is 6.65. The molecular formula is C30H37N9O3. The molecule has 0 spiro atoms. The summed E-state index contributed by atoms with van der Waals surface area (Å²) < 4.78 is 0. The number of H-pyrrole nitrogens is 2. The van der Waals surface area contributed by atoms with Gasteiger partial charge in [0.05, 0.1) is 6.04 Å². The summed E-state index contributed by atoms with van der Waals surface area (Å²) in [6.45, 7) is 0.350. The van der Waals surface area contributed by atoms with Crippen molar-refractivity contribution in [1.29, 1.82) is 0 Å². The monoisotopic (exact) mass is 571 g/mol. The van der Waals surface area contributed by atoms with Crippen molar-refractivity contribution in [3.63, 3.8) is 0 Å². The molecule has 2 aliphatic heterocycles. The molecule has 0 saturated carbocycles. The van der Waals surface area contributed by atoms with Crippen LogP contribution < -0.4 is 16.0 Å². The molecule has 2 aromatic heterocycles. The molecule has 2 bridgehead atoms. The molecule has 42 heavy (non-hydrogen) atoms. The van der Waals surface area contributed by atoms with Crippen molar-refractivity contribution in [2.45, 2.75) is 62.7 Å². The summed E-state index contributed by atoms with van der Waals surface area (Å²) in [5.41, 5.74) is 2.93. The Labute approximate surface area is 243 Å². The van der Waals surface area contributed by atoms with E-state index in [1.54, 1.807) is 24.3 Å². The molecule has 4 aromatic rings. The molecule has 4 heterocycles. The maximum Gasteiger partial charge on any atom is 0.263 e. The Morgan fingerprint density at radius 3 is 2.55 bits per heavy atom. The van der Waals surface area contributed by atoms with Crippen LogP contribution in [-0.4, -0.2) is 85.2 Å². The first-order valence-corrected chi connectivity index (χ1v) is 14.6. The number of anilines is 1. The number of nitrogens with zero attached hydrogens (tertiary/aromatic N) is 4. The molecule has 2 amide bonds. The average Bonchev–Trinajstić information content (AvgIpc) is 3.70. The van der Waals surface area contributed by atoms with Gasteiger partial charge < -0.3 is 30.9 Å². The van der Waals surface area contributed by atoms with Crippen LogP contribution in [0.1, 0.15) is 36.8 Å². The number of tetrazole rings is 1. The van der Waals surface area contributed by atoms with Gasteiger partial charge in [0.15, 0.2) is 0 Å². The van der Waals surface area contributed by atoms with Gasteiger partial charge in [-0.25, -0.2) is 0 Å². The number of piperidine rings is 1. The van der Waals surface area contributed by atoms with Crippen LogP contribution >= 0.6 is 0 Å². The predicted molar refractivity (Wildman–Crippen MR) is 158 cm³/mol. The maximum absolute atomic E-state index is 13.9. The van der Waals surface area contributed by atoms with Crippen LogP contribution in [0.2, 0.25) is 0 Å². The first-order chi connectivity index (χ1) is 20.4. The minimum atomic E-state index is -0.782. The van der Waals surface area contributed by atoms with Crippen LogP contribution in [0.3, 0.4) is 0 Å². The number of fused-ring (bicyclic) bond motifs is 3. The zero-order valence-corrected chi connectivity index (χ0v) is 23.6. The molecule has 6 rings (SSSR count). The topological polar surface area (TPSA) is 164 Å². The van der Waals surface area contributed by atoms with Crippen molar-refractivity contribution in [1.82, 2.24) is 41.1 Å². The van der Waals surface area contributed by atoms with Gasteiger partial charge in [0.1, 0.15) is 11.8 Å². The van der Waals surface area contributed by atoms with Gasteiger partial charge in [-0.3, -0.25) is 9.59 Å². The van der Waals surface area contributed by atoms with Crippen molar-refractivity contribution in [3.8, 4) is 5.75 Å². The minimum Gasteiger partial charge on any atom is -0.508 e. The van der Waals surface area contributed by atoms with Gasteiger partial charge in [0.25, 0.3) is 5.95 Å². The van der Waals surface area contributed by atoms with Gasteiger partial charge in [-0.1, -0.05) is 35.4 Å². The Balaban J connectivity index is 1.20. The van der Waals surface area contributed by atoms with E-state index in [2.05, 4.69) is 59.6 Å². The summed E-state index contributed by atoms with van der Waals surface area (Å²) in [6, 6.07) is 14.5. The minimum absolute atomic E-state index is 0.0722. The number of amides is 2. The van der Waals surface area contributed by atoms with E-state index in [4.69, 9.17) is 0 Å². The number of benzene rings is 2. The van der Waals surface area contributed by atoms with E-state index >= 15 is 0 Å². The summed E-state index contributed by atoms with van der Waals surface area (Å²) in [5.74, 6) is 0.0239. The Morgan fingerprint density at radius 1 is 1.05 bits per heavy atom. The molecular weight excluding hydrogens is 534 g/mol. The van der Waals surface area contributed by atoms with Crippen molar-refractivity contribution in [2.24, 2.45) is 5.92 Å². The third-order valence-corrected chi connectivity index (χ3v) is 8.82. The van der Waals surface area contributed by atoms with E-state index in [1.807, 2.05) is 24.4 Å². The zero-order valence-electron chi connectivity index (χ0n) is 23.6. The number of hydrogen-bond donors (Lipinski definition) is 6. The largest absolute Gasteiger partial charge is 0.508 e. The summed E-state index contributed by atoms with van der Waals surface area (Å²) >= 11 is 0. The van der Waals surface area contributed by atoms with Crippen LogP contribution in [0.4, 0.5) is 5.95 Å². The number of carbonyl (C=O) groups is 2. The van der Waals surface area contributed by atoms with Gasteiger partial charge >= 0.3 is 0 Å². The molecule has 2 fully saturated rings. The highest BCUT2D eigenvalue weighted by molar-refractivity contribution is 5.89. The van der Waals surface area contributed by atoms with E-state index in [0.29, 0.717) is 37.4 Å². The molecule has 2 unspecified atom stereocenters. The molecule has 0 aliphatic carbocycles. The normalized spacial score (nSPS) is 21.6. The standard InChI is InChI=1S/C30H37N9O3/c1-39-22-8-9-23(39)15-19(14-22)28(41)34-27(12-18-6-10-24(40)11-7-18)29(42)33-21(17-32-30-35-37-38-36-30)13-20-16-31-26-5-3-2-4-25(20)26/h2-7,10-11,16,19,21-23,27,31,40H,8-9,12-15,17H2,1H3,(H,33,42)(H,34,41)(H2,32,35,36,37,38)/t19?,21-,22?,23?,27-/m0/s1. The first kappa shape index (κ1) is 27.7. The Kier molecular flexibility index (Phi) is 8.04. The van der Waals surface area contributed by atoms with Crippen LogP contribution in [-0.2, 0) is 22.4 Å². The number of aromatic hydroxyl groups is 1. The highest BCUT2D eigenvalue weighted by Crippen LogP contribution is 2.37. The van der Waals surface area contributed by atoms with Gasteiger partial charge in [-0.15, -0.1) is 5.10 Å². The van der Waals surface area contributed by atoms with Gasteiger partial charge in [-0.05, 0) is 73.7 Å². The van der Waals surface area contributed by atoms with E-state index in [9.17, 15) is 14.7 Å². The molecule has 12 nitrogen and oxygen atoms in total. The Bertz CT molecular complexity index is 1490. The van der Waals surface area contributed by atoms with Crippen LogP contribution in [0, 0.1) is 5.92 Å². The maximum atomic E-state index is 13.9. The summed E-state index contributed by atoms with van der Waals surface area (Å²) in [7, 11) is 2.15. The van der Waals surface area contributed by atoms with Crippen molar-refractivity contribution < 1.29 is 14.7 Å². The number of phenols is 1. The predicted octanol–water partition coefficient (Wildman–Crippen LogP) is 2.13. The number of phenolic OH excluding ortho intramolecular Hbond substituents is 1. The number of hydrogen-bond acceptors (Lipinski definition) is 8. The van der Waals surface area contributed by atoms with E-state index in [-0.39, 0.29) is 29.5 Å². The second-order valence-corrected chi connectivity index (χ2v) is 11.5. The van der Waals surface area contributed by atoms with E-state index in [0.717, 1.165) is 47.7 Å².